The van der Waals surface area contributed by atoms with Gasteiger partial charge in [0.2, 0.25) is 0 Å². The highest BCUT2D eigenvalue weighted by atomic mass is 19.2. The van der Waals surface area contributed by atoms with Gasteiger partial charge in [0.15, 0.2) is 11.6 Å². The van der Waals surface area contributed by atoms with E-state index in [4.69, 9.17) is 5.73 Å². The van der Waals surface area contributed by atoms with Gasteiger partial charge in [-0.05, 0) is 37.6 Å². The Morgan fingerprint density at radius 1 is 1.33 bits per heavy atom. The van der Waals surface area contributed by atoms with Crippen LogP contribution in [0.15, 0.2) is 18.2 Å². The van der Waals surface area contributed by atoms with Gasteiger partial charge in [0.1, 0.15) is 0 Å². The molecular weight excluding hydrogens is 198 g/mol. The SMILES string of the molecule is CC(CCN)NCc1ccc(F)c(F)c1. The molecule has 0 spiro atoms. The highest BCUT2D eigenvalue weighted by Gasteiger charge is 2.04. The Kier molecular flexibility index (Phi) is 4.65. The lowest BCUT2D eigenvalue weighted by Gasteiger charge is -2.12. The summed E-state index contributed by atoms with van der Waals surface area (Å²) in [6.07, 6.45) is 0.865. The Bertz CT molecular complexity index is 315. The van der Waals surface area contributed by atoms with E-state index in [0.717, 1.165) is 18.1 Å². The smallest absolute Gasteiger partial charge is 0.159 e. The number of rotatable bonds is 5. The maximum Gasteiger partial charge on any atom is 0.159 e. The van der Waals surface area contributed by atoms with Crippen molar-refractivity contribution in [2.24, 2.45) is 5.73 Å². The number of nitrogens with one attached hydrogen (secondary N) is 1. The lowest BCUT2D eigenvalue weighted by Crippen LogP contribution is -2.27. The molecule has 4 heteroatoms. The molecule has 1 aromatic rings. The minimum absolute atomic E-state index is 0.281. The van der Waals surface area contributed by atoms with Gasteiger partial charge in [-0.15, -0.1) is 0 Å². The molecule has 0 saturated heterocycles. The van der Waals surface area contributed by atoms with Crippen molar-refractivity contribution in [3.8, 4) is 0 Å². The number of nitrogens with two attached hydrogens (primary N) is 1. The molecule has 1 aromatic carbocycles. The predicted octanol–water partition coefficient (Wildman–Crippen LogP) is 1.79. The Morgan fingerprint density at radius 2 is 2.07 bits per heavy atom. The molecule has 0 heterocycles. The zero-order valence-electron chi connectivity index (χ0n) is 8.76. The second-order valence-corrected chi connectivity index (χ2v) is 3.61. The van der Waals surface area contributed by atoms with Gasteiger partial charge in [-0.1, -0.05) is 6.07 Å². The first-order chi connectivity index (χ1) is 7.13. The highest BCUT2D eigenvalue weighted by Crippen LogP contribution is 2.08. The zero-order chi connectivity index (χ0) is 11.3. The summed E-state index contributed by atoms with van der Waals surface area (Å²) in [6.45, 7) is 3.15. The molecule has 84 valence electrons. The van der Waals surface area contributed by atoms with Crippen LogP contribution in [0, 0.1) is 11.6 Å². The van der Waals surface area contributed by atoms with Gasteiger partial charge in [-0.2, -0.15) is 0 Å². The average Bonchev–Trinajstić information content (AvgIpc) is 2.20. The maximum atomic E-state index is 12.8. The summed E-state index contributed by atoms with van der Waals surface area (Å²) in [5.41, 5.74) is 6.13. The van der Waals surface area contributed by atoms with Crippen molar-refractivity contribution in [2.45, 2.75) is 25.9 Å². The van der Waals surface area contributed by atoms with Crippen LogP contribution in [0.4, 0.5) is 8.78 Å². The Balaban J connectivity index is 2.47. The predicted molar refractivity (Wildman–Crippen MR) is 56.3 cm³/mol. The van der Waals surface area contributed by atoms with Gasteiger partial charge < -0.3 is 11.1 Å². The lowest BCUT2D eigenvalue weighted by molar-refractivity contribution is 0.498. The van der Waals surface area contributed by atoms with Crippen LogP contribution in [0.5, 0.6) is 0 Å². The Labute approximate surface area is 88.5 Å². The van der Waals surface area contributed by atoms with Gasteiger partial charge in [-0.3, -0.25) is 0 Å². The van der Waals surface area contributed by atoms with Gasteiger partial charge in [0.25, 0.3) is 0 Å². The average molecular weight is 214 g/mol. The first-order valence-corrected chi connectivity index (χ1v) is 5.01. The Hall–Kier alpha value is -1.00. The second kappa shape index (κ2) is 5.78. The number of halogens is 2. The number of hydrogen-bond donors (Lipinski definition) is 2. The van der Waals surface area contributed by atoms with E-state index in [9.17, 15) is 8.78 Å². The van der Waals surface area contributed by atoms with E-state index in [0.29, 0.717) is 13.1 Å². The highest BCUT2D eigenvalue weighted by molar-refractivity contribution is 5.17. The third kappa shape index (κ3) is 3.93. The van der Waals surface area contributed by atoms with Crippen molar-refractivity contribution in [3.63, 3.8) is 0 Å². The minimum Gasteiger partial charge on any atom is -0.330 e. The number of hydrogen-bond acceptors (Lipinski definition) is 2. The van der Waals surface area contributed by atoms with Crippen molar-refractivity contribution >= 4 is 0 Å². The van der Waals surface area contributed by atoms with Gasteiger partial charge in [-0.25, -0.2) is 8.78 Å². The summed E-state index contributed by atoms with van der Waals surface area (Å²) >= 11 is 0. The van der Waals surface area contributed by atoms with Gasteiger partial charge in [0.05, 0.1) is 0 Å². The summed E-state index contributed by atoms with van der Waals surface area (Å²) in [7, 11) is 0. The second-order valence-electron chi connectivity index (χ2n) is 3.61. The minimum atomic E-state index is -0.811. The molecule has 1 atom stereocenters. The van der Waals surface area contributed by atoms with Crippen molar-refractivity contribution in [1.82, 2.24) is 5.32 Å². The fourth-order valence-corrected chi connectivity index (χ4v) is 1.29. The summed E-state index contributed by atoms with van der Waals surface area (Å²) in [5, 5.41) is 3.18. The number of benzene rings is 1. The molecule has 3 N–H and O–H groups in total. The third-order valence-electron chi connectivity index (χ3n) is 2.24. The normalized spacial score (nSPS) is 12.8. The summed E-state index contributed by atoms with van der Waals surface area (Å²) < 4.78 is 25.4. The molecular formula is C11H16F2N2. The van der Waals surface area contributed by atoms with Crippen molar-refractivity contribution in [2.75, 3.05) is 6.54 Å². The summed E-state index contributed by atoms with van der Waals surface area (Å²) in [6, 6.07) is 4.20. The van der Waals surface area contributed by atoms with Crippen molar-refractivity contribution in [3.05, 3.63) is 35.4 Å². The van der Waals surface area contributed by atoms with Crippen LogP contribution in [-0.2, 0) is 6.54 Å². The van der Waals surface area contributed by atoms with E-state index >= 15 is 0 Å². The molecule has 15 heavy (non-hydrogen) atoms. The van der Waals surface area contributed by atoms with E-state index in [1.807, 2.05) is 6.92 Å². The van der Waals surface area contributed by atoms with Crippen molar-refractivity contribution < 1.29 is 8.78 Å². The molecule has 0 radical (unpaired) electrons. The monoisotopic (exact) mass is 214 g/mol. The van der Waals surface area contributed by atoms with Crippen LogP contribution < -0.4 is 11.1 Å². The van der Waals surface area contributed by atoms with Crippen LogP contribution >= 0.6 is 0 Å². The van der Waals surface area contributed by atoms with E-state index in [-0.39, 0.29) is 6.04 Å². The molecule has 0 aromatic heterocycles. The molecule has 0 aliphatic rings. The van der Waals surface area contributed by atoms with Crippen LogP contribution in [0.1, 0.15) is 18.9 Å². The van der Waals surface area contributed by atoms with E-state index in [1.54, 1.807) is 6.07 Å². The lowest BCUT2D eigenvalue weighted by atomic mass is 10.2. The van der Waals surface area contributed by atoms with Crippen LogP contribution in [0.25, 0.3) is 0 Å². The van der Waals surface area contributed by atoms with Gasteiger partial charge in [0, 0.05) is 12.6 Å². The molecule has 0 saturated carbocycles. The van der Waals surface area contributed by atoms with Gasteiger partial charge >= 0.3 is 0 Å². The van der Waals surface area contributed by atoms with Crippen LogP contribution in [0.3, 0.4) is 0 Å². The molecule has 0 aliphatic carbocycles. The molecule has 1 rings (SSSR count). The zero-order valence-corrected chi connectivity index (χ0v) is 8.76. The topological polar surface area (TPSA) is 38.0 Å². The molecule has 0 aliphatic heterocycles. The fourth-order valence-electron chi connectivity index (χ4n) is 1.29. The van der Waals surface area contributed by atoms with Crippen LogP contribution in [0.2, 0.25) is 0 Å². The van der Waals surface area contributed by atoms with Crippen molar-refractivity contribution in [1.29, 1.82) is 0 Å². The summed E-state index contributed by atoms with van der Waals surface area (Å²) in [5.74, 6) is -1.62. The largest absolute Gasteiger partial charge is 0.330 e. The molecule has 0 amide bonds. The van der Waals surface area contributed by atoms with E-state index < -0.39 is 11.6 Å². The molecule has 1 unspecified atom stereocenters. The van der Waals surface area contributed by atoms with E-state index in [2.05, 4.69) is 5.32 Å². The van der Waals surface area contributed by atoms with Crippen LogP contribution in [-0.4, -0.2) is 12.6 Å². The molecule has 0 fully saturated rings. The fraction of sp³-hybridized carbons (Fsp3) is 0.455. The standard InChI is InChI=1S/C11H16F2N2/c1-8(4-5-14)15-7-9-2-3-10(12)11(13)6-9/h2-3,6,8,15H,4-5,7,14H2,1H3. The molecule has 0 bridgehead atoms. The van der Waals surface area contributed by atoms with E-state index in [1.165, 1.54) is 6.07 Å². The third-order valence-corrected chi connectivity index (χ3v) is 2.24. The summed E-state index contributed by atoms with van der Waals surface area (Å²) in [4.78, 5) is 0. The first-order valence-electron chi connectivity index (χ1n) is 5.01. The first kappa shape index (κ1) is 12.1. The Morgan fingerprint density at radius 3 is 2.67 bits per heavy atom. The quantitative estimate of drug-likeness (QED) is 0.784. The maximum absolute atomic E-state index is 12.8. The molecule has 2 nitrogen and oxygen atoms in total.